The Morgan fingerprint density at radius 1 is 1.08 bits per heavy atom. The van der Waals surface area contributed by atoms with Crippen molar-refractivity contribution in [2.75, 3.05) is 13.2 Å². The minimum absolute atomic E-state index is 0.359. The van der Waals surface area contributed by atoms with Crippen LogP contribution in [0.5, 0.6) is 0 Å². The van der Waals surface area contributed by atoms with Crippen molar-refractivity contribution in [3.8, 4) is 0 Å². The SMILES string of the molecule is CC(C)CCOC(=O)OCC(C)C. The van der Waals surface area contributed by atoms with Crippen LogP contribution in [-0.4, -0.2) is 19.4 Å². The third-order valence-electron chi connectivity index (χ3n) is 1.45. The molecule has 0 aliphatic heterocycles. The molecule has 0 amide bonds. The van der Waals surface area contributed by atoms with E-state index in [0.29, 0.717) is 25.0 Å². The Labute approximate surface area is 80.4 Å². The Balaban J connectivity index is 3.30. The summed E-state index contributed by atoms with van der Waals surface area (Å²) in [5.74, 6) is 0.913. The van der Waals surface area contributed by atoms with Crippen LogP contribution in [0.15, 0.2) is 0 Å². The van der Waals surface area contributed by atoms with Gasteiger partial charge in [-0.1, -0.05) is 27.7 Å². The topological polar surface area (TPSA) is 35.5 Å². The van der Waals surface area contributed by atoms with Crippen LogP contribution in [-0.2, 0) is 9.47 Å². The van der Waals surface area contributed by atoms with Crippen LogP contribution in [0, 0.1) is 11.8 Å². The molecule has 0 N–H and O–H groups in total. The first-order valence-electron chi connectivity index (χ1n) is 4.82. The first-order chi connectivity index (χ1) is 6.02. The molecule has 0 saturated heterocycles. The summed E-state index contributed by atoms with van der Waals surface area (Å²) in [4.78, 5) is 10.9. The molecule has 0 unspecified atom stereocenters. The fraction of sp³-hybridized carbons (Fsp3) is 0.900. The van der Waals surface area contributed by atoms with Crippen molar-refractivity contribution in [1.82, 2.24) is 0 Å². The van der Waals surface area contributed by atoms with Crippen LogP contribution < -0.4 is 0 Å². The number of rotatable bonds is 5. The van der Waals surface area contributed by atoms with E-state index in [4.69, 9.17) is 9.47 Å². The zero-order chi connectivity index (χ0) is 10.3. The first kappa shape index (κ1) is 12.3. The molecule has 0 rings (SSSR count). The molecule has 0 radical (unpaired) electrons. The first-order valence-corrected chi connectivity index (χ1v) is 4.82. The zero-order valence-electron chi connectivity index (χ0n) is 9.00. The minimum Gasteiger partial charge on any atom is -0.434 e. The number of carbonyl (C=O) groups excluding carboxylic acids is 1. The molecule has 3 nitrogen and oxygen atoms in total. The van der Waals surface area contributed by atoms with E-state index in [1.807, 2.05) is 13.8 Å². The highest BCUT2D eigenvalue weighted by Gasteiger charge is 2.05. The molecule has 0 aliphatic carbocycles. The Bertz CT molecular complexity index is 141. The molecule has 0 aromatic carbocycles. The summed E-state index contributed by atoms with van der Waals surface area (Å²) in [6.07, 6.45) is 0.339. The second kappa shape index (κ2) is 6.75. The lowest BCUT2D eigenvalue weighted by atomic mass is 10.1. The predicted molar refractivity (Wildman–Crippen MR) is 51.6 cm³/mol. The third kappa shape index (κ3) is 9.18. The molecule has 0 fully saturated rings. The number of carbonyl (C=O) groups is 1. The van der Waals surface area contributed by atoms with Crippen molar-refractivity contribution < 1.29 is 14.3 Å². The molecule has 0 saturated carbocycles. The molecule has 0 aromatic rings. The summed E-state index contributed by atoms with van der Waals surface area (Å²) in [5, 5.41) is 0. The van der Waals surface area contributed by atoms with Gasteiger partial charge in [-0.25, -0.2) is 4.79 Å². The van der Waals surface area contributed by atoms with Crippen LogP contribution in [0.3, 0.4) is 0 Å². The fourth-order valence-electron chi connectivity index (χ4n) is 0.654. The molecule has 3 heteroatoms. The van der Waals surface area contributed by atoms with E-state index >= 15 is 0 Å². The van der Waals surface area contributed by atoms with Crippen molar-refractivity contribution in [2.24, 2.45) is 11.8 Å². The Morgan fingerprint density at radius 2 is 1.69 bits per heavy atom. The maximum absolute atomic E-state index is 10.9. The second-order valence-corrected chi connectivity index (χ2v) is 3.99. The van der Waals surface area contributed by atoms with Gasteiger partial charge in [0.2, 0.25) is 0 Å². The van der Waals surface area contributed by atoms with Gasteiger partial charge in [-0.3, -0.25) is 0 Å². The minimum atomic E-state index is -0.547. The summed E-state index contributed by atoms with van der Waals surface area (Å²) < 4.78 is 9.67. The quantitative estimate of drug-likeness (QED) is 0.622. The van der Waals surface area contributed by atoms with Gasteiger partial charge in [0, 0.05) is 0 Å². The molecule has 0 heterocycles. The van der Waals surface area contributed by atoms with Crippen LogP contribution in [0.25, 0.3) is 0 Å². The highest BCUT2D eigenvalue weighted by atomic mass is 16.7. The Morgan fingerprint density at radius 3 is 2.15 bits per heavy atom. The van der Waals surface area contributed by atoms with Crippen LogP contribution >= 0.6 is 0 Å². The lowest BCUT2D eigenvalue weighted by molar-refractivity contribution is 0.0449. The standard InChI is InChI=1S/C10H20O3/c1-8(2)5-6-12-10(11)13-7-9(3)4/h8-9H,5-7H2,1-4H3. The van der Waals surface area contributed by atoms with Crippen molar-refractivity contribution in [3.63, 3.8) is 0 Å². The summed E-state index contributed by atoms with van der Waals surface area (Å²) >= 11 is 0. The van der Waals surface area contributed by atoms with Gasteiger partial charge in [-0.15, -0.1) is 0 Å². The maximum Gasteiger partial charge on any atom is 0.508 e. The van der Waals surface area contributed by atoms with Gasteiger partial charge in [0.15, 0.2) is 0 Å². The monoisotopic (exact) mass is 188 g/mol. The van der Waals surface area contributed by atoms with Crippen molar-refractivity contribution in [3.05, 3.63) is 0 Å². The largest absolute Gasteiger partial charge is 0.508 e. The fourth-order valence-corrected chi connectivity index (χ4v) is 0.654. The van der Waals surface area contributed by atoms with Gasteiger partial charge < -0.3 is 9.47 Å². The van der Waals surface area contributed by atoms with Crippen molar-refractivity contribution >= 4 is 6.16 Å². The summed E-state index contributed by atoms with van der Waals surface area (Å²) in [5.41, 5.74) is 0. The van der Waals surface area contributed by atoms with E-state index in [1.165, 1.54) is 0 Å². The number of hydrogen-bond acceptors (Lipinski definition) is 3. The summed E-state index contributed by atoms with van der Waals surface area (Å²) in [6.45, 7) is 9.03. The molecule has 0 aliphatic rings. The highest BCUT2D eigenvalue weighted by Crippen LogP contribution is 2.00. The second-order valence-electron chi connectivity index (χ2n) is 3.99. The molecule has 0 aromatic heterocycles. The third-order valence-corrected chi connectivity index (χ3v) is 1.45. The van der Waals surface area contributed by atoms with E-state index in [-0.39, 0.29) is 0 Å². The Hall–Kier alpha value is -0.730. The van der Waals surface area contributed by atoms with Crippen molar-refractivity contribution in [1.29, 1.82) is 0 Å². The van der Waals surface area contributed by atoms with E-state index in [9.17, 15) is 4.79 Å². The molecular formula is C10H20O3. The van der Waals surface area contributed by atoms with E-state index < -0.39 is 6.16 Å². The molecule has 78 valence electrons. The maximum atomic E-state index is 10.9. The number of ether oxygens (including phenoxy) is 2. The number of hydrogen-bond donors (Lipinski definition) is 0. The normalized spacial score (nSPS) is 10.6. The van der Waals surface area contributed by atoms with Gasteiger partial charge in [0.1, 0.15) is 0 Å². The average Bonchev–Trinajstić information content (AvgIpc) is 2.00. The van der Waals surface area contributed by atoms with Gasteiger partial charge in [-0.2, -0.15) is 0 Å². The lowest BCUT2D eigenvalue weighted by Crippen LogP contribution is -2.13. The van der Waals surface area contributed by atoms with Gasteiger partial charge >= 0.3 is 6.16 Å². The molecule has 13 heavy (non-hydrogen) atoms. The van der Waals surface area contributed by atoms with Gasteiger partial charge in [-0.05, 0) is 18.3 Å². The molecule has 0 spiro atoms. The van der Waals surface area contributed by atoms with Crippen LogP contribution in [0.4, 0.5) is 4.79 Å². The highest BCUT2D eigenvalue weighted by molar-refractivity contribution is 5.59. The summed E-state index contributed by atoms with van der Waals surface area (Å²) in [7, 11) is 0. The Kier molecular flexibility index (Phi) is 6.37. The molecule has 0 atom stereocenters. The van der Waals surface area contributed by atoms with Crippen LogP contribution in [0.2, 0.25) is 0 Å². The molecule has 0 bridgehead atoms. The van der Waals surface area contributed by atoms with Gasteiger partial charge in [0.25, 0.3) is 0 Å². The lowest BCUT2D eigenvalue weighted by Gasteiger charge is -2.08. The van der Waals surface area contributed by atoms with E-state index in [0.717, 1.165) is 6.42 Å². The molecular weight excluding hydrogens is 168 g/mol. The van der Waals surface area contributed by atoms with Gasteiger partial charge in [0.05, 0.1) is 13.2 Å². The smallest absolute Gasteiger partial charge is 0.434 e. The van der Waals surface area contributed by atoms with Crippen LogP contribution in [0.1, 0.15) is 34.1 Å². The van der Waals surface area contributed by atoms with E-state index in [1.54, 1.807) is 0 Å². The van der Waals surface area contributed by atoms with E-state index in [2.05, 4.69) is 13.8 Å². The van der Waals surface area contributed by atoms with Crippen molar-refractivity contribution in [2.45, 2.75) is 34.1 Å². The zero-order valence-corrected chi connectivity index (χ0v) is 9.00. The summed E-state index contributed by atoms with van der Waals surface area (Å²) in [6, 6.07) is 0. The predicted octanol–water partition coefficient (Wildman–Crippen LogP) is 2.84. The average molecular weight is 188 g/mol.